The van der Waals surface area contributed by atoms with E-state index in [1.54, 1.807) is 0 Å². The maximum atomic E-state index is 9.98. The Morgan fingerprint density at radius 3 is 1.12 bits per heavy atom. The second-order valence-corrected chi connectivity index (χ2v) is 4.94. The molecule has 16 heavy (non-hydrogen) atoms. The Hall–Kier alpha value is -0.240. The van der Waals surface area contributed by atoms with Gasteiger partial charge in [-0.1, -0.05) is 0 Å². The molecule has 0 aliphatic rings. The summed E-state index contributed by atoms with van der Waals surface area (Å²) in [5, 5.41) is 41.4. The lowest BCUT2D eigenvalue weighted by Crippen LogP contribution is -2.67. The molecule has 98 valence electrons. The van der Waals surface area contributed by atoms with E-state index < -0.39 is 23.9 Å². The first kappa shape index (κ1) is 15.8. The number of hydrazine groups is 1. The molecule has 2 atom stereocenters. The number of hydrogen-bond acceptors (Lipinski definition) is 6. The highest BCUT2D eigenvalue weighted by Crippen LogP contribution is 2.26. The zero-order valence-electron chi connectivity index (χ0n) is 10.8. The molecule has 0 saturated heterocycles. The van der Waals surface area contributed by atoms with Crippen LogP contribution >= 0.6 is 0 Å². The molecule has 6 nitrogen and oxygen atoms in total. The maximum absolute atomic E-state index is 9.98. The molecule has 4 N–H and O–H groups in total. The predicted molar refractivity (Wildman–Crippen MR) is 59.6 cm³/mol. The molecule has 0 heterocycles. The Kier molecular flexibility index (Phi) is 4.88. The van der Waals surface area contributed by atoms with Gasteiger partial charge >= 0.3 is 0 Å². The van der Waals surface area contributed by atoms with E-state index >= 15 is 0 Å². The Morgan fingerprint density at radius 1 is 0.812 bits per heavy atom. The molecule has 0 aliphatic heterocycles. The van der Waals surface area contributed by atoms with Crippen molar-refractivity contribution in [3.8, 4) is 0 Å². The van der Waals surface area contributed by atoms with E-state index in [1.165, 1.54) is 41.5 Å². The van der Waals surface area contributed by atoms with Gasteiger partial charge in [0, 0.05) is 0 Å². The van der Waals surface area contributed by atoms with Crippen molar-refractivity contribution in [2.45, 2.75) is 65.4 Å². The van der Waals surface area contributed by atoms with E-state index in [1.807, 2.05) is 0 Å². The summed E-state index contributed by atoms with van der Waals surface area (Å²) in [6.07, 6.45) is -2.09. The van der Waals surface area contributed by atoms with Gasteiger partial charge in [0.25, 0.3) is 0 Å². The van der Waals surface area contributed by atoms with E-state index in [0.29, 0.717) is 0 Å². The fourth-order valence-electron chi connectivity index (χ4n) is 1.88. The summed E-state index contributed by atoms with van der Waals surface area (Å²) in [7, 11) is 0. The van der Waals surface area contributed by atoms with Gasteiger partial charge in [0.15, 0.2) is 0 Å². The Balaban J connectivity index is 5.32. The van der Waals surface area contributed by atoms with E-state index in [-0.39, 0.29) is 0 Å². The summed E-state index contributed by atoms with van der Waals surface area (Å²) in [6, 6.07) is 0. The maximum Gasteiger partial charge on any atom is 0.128 e. The molecule has 0 bridgehead atoms. The molecule has 0 aliphatic carbocycles. The number of aliphatic hydroxyl groups excluding tert-OH is 2. The van der Waals surface area contributed by atoms with Gasteiger partial charge in [0.1, 0.15) is 23.9 Å². The van der Waals surface area contributed by atoms with Gasteiger partial charge in [0.2, 0.25) is 0 Å². The van der Waals surface area contributed by atoms with Crippen LogP contribution in [0.25, 0.3) is 0 Å². The summed E-state index contributed by atoms with van der Waals surface area (Å²) in [5.41, 5.74) is -2.85. The normalized spacial score (nSPS) is 18.0. The van der Waals surface area contributed by atoms with Gasteiger partial charge in [-0.25, -0.2) is 0 Å². The van der Waals surface area contributed by atoms with E-state index in [4.69, 9.17) is 0 Å². The monoisotopic (exact) mass is 236 g/mol. The number of rotatable bonds is 5. The highest BCUT2D eigenvalue weighted by atomic mass is 16.4. The number of hydrogen-bond donors (Lipinski definition) is 4. The van der Waals surface area contributed by atoms with Gasteiger partial charge in [-0.2, -0.15) is 10.0 Å². The van der Waals surface area contributed by atoms with Crippen molar-refractivity contribution in [1.82, 2.24) is 10.0 Å². The molecule has 0 fully saturated rings. The summed E-state index contributed by atoms with van der Waals surface area (Å²) < 4.78 is 0. The molecule has 0 spiro atoms. The third-order valence-electron chi connectivity index (χ3n) is 2.03. The first-order valence-corrected chi connectivity index (χ1v) is 5.28. The van der Waals surface area contributed by atoms with Crippen LogP contribution in [0.2, 0.25) is 0 Å². The molecule has 0 aromatic heterocycles. The minimum atomic E-state index is -1.42. The largest absolute Gasteiger partial charge is 0.377 e. The summed E-state index contributed by atoms with van der Waals surface area (Å²) in [6.45, 7) is 8.73. The third kappa shape index (κ3) is 3.97. The third-order valence-corrected chi connectivity index (χ3v) is 2.03. The Bertz CT molecular complexity index is 196. The van der Waals surface area contributed by atoms with E-state index in [9.17, 15) is 20.4 Å². The fourth-order valence-corrected chi connectivity index (χ4v) is 1.88. The van der Waals surface area contributed by atoms with Crippen LogP contribution in [0.4, 0.5) is 0 Å². The van der Waals surface area contributed by atoms with Crippen LogP contribution in [-0.2, 0) is 0 Å². The quantitative estimate of drug-likeness (QED) is 0.385. The minimum Gasteiger partial charge on any atom is -0.377 e. The van der Waals surface area contributed by atoms with Crippen LogP contribution in [0.3, 0.4) is 0 Å². The molecule has 0 amide bonds. The molecule has 0 aromatic carbocycles. The van der Waals surface area contributed by atoms with Crippen LogP contribution in [0.1, 0.15) is 41.5 Å². The van der Waals surface area contributed by atoms with Gasteiger partial charge in [-0.15, -0.1) is 0 Å². The lowest BCUT2D eigenvalue weighted by Gasteiger charge is -2.50. The molecule has 0 aromatic rings. The molecular formula is C10H24N2O4. The minimum absolute atomic E-state index is 1.04. The van der Waals surface area contributed by atoms with E-state index in [2.05, 4.69) is 0 Å². The van der Waals surface area contributed by atoms with Crippen molar-refractivity contribution in [2.24, 2.45) is 0 Å². The first-order chi connectivity index (χ1) is 6.89. The molecule has 2 unspecified atom stereocenters. The fraction of sp³-hybridized carbons (Fsp3) is 1.00. The van der Waals surface area contributed by atoms with Crippen LogP contribution in [0.15, 0.2) is 0 Å². The zero-order chi connectivity index (χ0) is 13.3. The zero-order valence-corrected chi connectivity index (χ0v) is 10.8. The Morgan fingerprint density at radius 2 is 1.06 bits per heavy atom. The highest BCUT2D eigenvalue weighted by molar-refractivity contribution is 4.77. The van der Waals surface area contributed by atoms with Crippen molar-refractivity contribution >= 4 is 0 Å². The van der Waals surface area contributed by atoms with Crippen molar-refractivity contribution in [2.75, 3.05) is 0 Å². The van der Waals surface area contributed by atoms with Crippen LogP contribution in [0, 0.1) is 0 Å². The SMILES string of the molecule is CC(O)N(C(C)O)N(C(C)(C)O)C(C)(C)O. The average molecular weight is 236 g/mol. The summed E-state index contributed by atoms with van der Waals surface area (Å²) in [4.78, 5) is 0. The van der Waals surface area contributed by atoms with Crippen molar-refractivity contribution < 1.29 is 20.4 Å². The van der Waals surface area contributed by atoms with Crippen LogP contribution in [-0.4, -0.2) is 54.3 Å². The van der Waals surface area contributed by atoms with Gasteiger partial charge in [-0.05, 0) is 41.5 Å². The van der Waals surface area contributed by atoms with Crippen LogP contribution in [0.5, 0.6) is 0 Å². The first-order valence-electron chi connectivity index (χ1n) is 5.28. The molecular weight excluding hydrogens is 212 g/mol. The predicted octanol–water partition coefficient (Wildman–Crippen LogP) is -0.361. The van der Waals surface area contributed by atoms with Crippen molar-refractivity contribution in [3.05, 3.63) is 0 Å². The van der Waals surface area contributed by atoms with Crippen LogP contribution < -0.4 is 0 Å². The molecule has 6 heteroatoms. The lowest BCUT2D eigenvalue weighted by atomic mass is 10.2. The second kappa shape index (κ2) is 4.95. The molecule has 0 radical (unpaired) electrons. The van der Waals surface area contributed by atoms with Gasteiger partial charge < -0.3 is 20.4 Å². The Labute approximate surface area is 96.7 Å². The standard InChI is InChI=1S/C10H24N2O4/c1-7(13)11(8(2)14)12(9(3,4)15)10(5,6)16/h7-8,13-16H,1-6H3. The number of nitrogens with zero attached hydrogens (tertiary/aromatic N) is 2. The summed E-state index contributed by atoms with van der Waals surface area (Å²) >= 11 is 0. The van der Waals surface area contributed by atoms with Gasteiger partial charge in [0.05, 0.1) is 0 Å². The van der Waals surface area contributed by atoms with Crippen molar-refractivity contribution in [1.29, 1.82) is 0 Å². The second-order valence-electron chi connectivity index (χ2n) is 4.94. The topological polar surface area (TPSA) is 87.4 Å². The lowest BCUT2D eigenvalue weighted by molar-refractivity contribution is -0.351. The van der Waals surface area contributed by atoms with Crippen molar-refractivity contribution in [3.63, 3.8) is 0 Å². The average Bonchev–Trinajstić information content (AvgIpc) is 1.93. The van der Waals surface area contributed by atoms with Gasteiger partial charge in [-0.3, -0.25) is 0 Å². The molecule has 0 rings (SSSR count). The highest BCUT2D eigenvalue weighted by Gasteiger charge is 2.42. The molecule has 0 saturated carbocycles. The number of aliphatic hydroxyl groups is 4. The summed E-state index contributed by atoms with van der Waals surface area (Å²) in [5.74, 6) is 0. The smallest absolute Gasteiger partial charge is 0.128 e. The van der Waals surface area contributed by atoms with E-state index in [0.717, 1.165) is 10.0 Å².